The molecule has 8 heteroatoms. The van der Waals surface area contributed by atoms with Crippen LogP contribution in [0.1, 0.15) is 11.1 Å². The number of sulfone groups is 1. The van der Waals surface area contributed by atoms with Crippen molar-refractivity contribution in [3.05, 3.63) is 63.7 Å². The third-order valence-corrected chi connectivity index (χ3v) is 4.92. The van der Waals surface area contributed by atoms with Crippen molar-refractivity contribution in [3.8, 4) is 0 Å². The van der Waals surface area contributed by atoms with Crippen molar-refractivity contribution in [2.45, 2.75) is 11.4 Å². The molecule has 0 saturated heterocycles. The number of aromatic nitrogens is 1. The summed E-state index contributed by atoms with van der Waals surface area (Å²) in [5.74, 6) is 0. The Hall–Kier alpha value is -1.76. The van der Waals surface area contributed by atoms with E-state index in [0.717, 1.165) is 6.26 Å². The standard InChI is InChI=1S/C15H15Cl2N3O2S/c1-9(18)13-6-11(16)8-20(15(13)19)7-10-5-12(23(2,21)22)3-4-14(10)17/h3-6,8,19H,1,7,18H2,2H3. The molecule has 23 heavy (non-hydrogen) atoms. The van der Waals surface area contributed by atoms with E-state index in [-0.39, 0.29) is 22.6 Å². The van der Waals surface area contributed by atoms with Crippen LogP contribution in [0.5, 0.6) is 0 Å². The highest BCUT2D eigenvalue weighted by Crippen LogP contribution is 2.22. The number of nitrogens with zero attached hydrogens (tertiary/aromatic N) is 1. The van der Waals surface area contributed by atoms with E-state index in [4.69, 9.17) is 34.3 Å². The van der Waals surface area contributed by atoms with E-state index in [1.54, 1.807) is 12.3 Å². The van der Waals surface area contributed by atoms with Gasteiger partial charge >= 0.3 is 0 Å². The number of nitrogens with two attached hydrogens (primary N) is 1. The summed E-state index contributed by atoms with van der Waals surface area (Å²) in [5.41, 5.74) is 6.97. The van der Waals surface area contributed by atoms with E-state index in [2.05, 4.69) is 6.58 Å². The van der Waals surface area contributed by atoms with Crippen LogP contribution < -0.4 is 11.2 Å². The first-order valence-corrected chi connectivity index (χ1v) is 9.12. The van der Waals surface area contributed by atoms with Crippen molar-refractivity contribution in [2.24, 2.45) is 5.73 Å². The summed E-state index contributed by atoms with van der Waals surface area (Å²) in [7, 11) is -3.35. The summed E-state index contributed by atoms with van der Waals surface area (Å²) < 4.78 is 24.9. The van der Waals surface area contributed by atoms with Crippen molar-refractivity contribution in [3.63, 3.8) is 0 Å². The molecule has 0 fully saturated rings. The fourth-order valence-corrected chi connectivity index (χ4v) is 3.14. The summed E-state index contributed by atoms with van der Waals surface area (Å²) in [4.78, 5) is 0.162. The van der Waals surface area contributed by atoms with Crippen molar-refractivity contribution in [1.29, 1.82) is 5.41 Å². The number of halogens is 2. The van der Waals surface area contributed by atoms with Gasteiger partial charge in [-0.2, -0.15) is 0 Å². The molecule has 3 N–H and O–H groups in total. The second-order valence-electron chi connectivity index (χ2n) is 5.10. The molecule has 0 aliphatic heterocycles. The zero-order valence-corrected chi connectivity index (χ0v) is 14.6. The Morgan fingerprint density at radius 3 is 2.57 bits per heavy atom. The monoisotopic (exact) mass is 371 g/mol. The van der Waals surface area contributed by atoms with Crippen LogP contribution in [-0.2, 0) is 16.4 Å². The summed E-state index contributed by atoms with van der Waals surface area (Å²) in [5, 5.41) is 8.96. The van der Waals surface area contributed by atoms with Gasteiger partial charge in [-0.25, -0.2) is 8.42 Å². The van der Waals surface area contributed by atoms with Crippen LogP contribution >= 0.6 is 23.2 Å². The van der Waals surface area contributed by atoms with Crippen LogP contribution in [0.25, 0.3) is 5.70 Å². The van der Waals surface area contributed by atoms with Crippen molar-refractivity contribution in [2.75, 3.05) is 6.26 Å². The highest BCUT2D eigenvalue weighted by atomic mass is 35.5. The zero-order valence-electron chi connectivity index (χ0n) is 12.3. The third kappa shape index (κ3) is 3.96. The van der Waals surface area contributed by atoms with Crippen LogP contribution in [0.3, 0.4) is 0 Å². The van der Waals surface area contributed by atoms with Crippen LogP contribution in [0.15, 0.2) is 41.9 Å². The van der Waals surface area contributed by atoms with Crippen LogP contribution in [0, 0.1) is 5.41 Å². The minimum atomic E-state index is -3.35. The Bertz CT molecular complexity index is 950. The van der Waals surface area contributed by atoms with Gasteiger partial charge in [0, 0.05) is 28.7 Å². The van der Waals surface area contributed by atoms with E-state index < -0.39 is 9.84 Å². The van der Waals surface area contributed by atoms with Gasteiger partial charge < -0.3 is 10.3 Å². The number of benzene rings is 1. The molecule has 2 aromatic rings. The first-order valence-electron chi connectivity index (χ1n) is 6.47. The third-order valence-electron chi connectivity index (χ3n) is 3.24. The molecule has 122 valence electrons. The van der Waals surface area contributed by atoms with Gasteiger partial charge in [0.1, 0.15) is 5.49 Å². The van der Waals surface area contributed by atoms with Gasteiger partial charge in [-0.15, -0.1) is 0 Å². The maximum atomic E-state index is 11.7. The van der Waals surface area contributed by atoms with Crippen molar-refractivity contribution in [1.82, 2.24) is 4.57 Å². The summed E-state index contributed by atoms with van der Waals surface area (Å²) in [6.07, 6.45) is 2.68. The van der Waals surface area contributed by atoms with E-state index in [1.807, 2.05) is 0 Å². The zero-order chi connectivity index (χ0) is 17.4. The van der Waals surface area contributed by atoms with E-state index in [1.165, 1.54) is 22.8 Å². The number of nitrogens with one attached hydrogen (secondary N) is 1. The van der Waals surface area contributed by atoms with Gasteiger partial charge in [0.05, 0.1) is 16.5 Å². The highest BCUT2D eigenvalue weighted by Gasteiger charge is 2.12. The second-order valence-corrected chi connectivity index (χ2v) is 7.96. The fourth-order valence-electron chi connectivity index (χ4n) is 2.07. The number of pyridine rings is 1. The second kappa shape index (κ2) is 6.39. The van der Waals surface area contributed by atoms with Gasteiger partial charge in [0.2, 0.25) is 0 Å². The molecule has 1 aromatic carbocycles. The lowest BCUT2D eigenvalue weighted by molar-refractivity contribution is 0.601. The van der Waals surface area contributed by atoms with Gasteiger partial charge in [-0.3, -0.25) is 5.41 Å². The molecular weight excluding hydrogens is 357 g/mol. The predicted molar refractivity (Wildman–Crippen MR) is 92.2 cm³/mol. The fraction of sp³-hybridized carbons (Fsp3) is 0.133. The SMILES string of the molecule is C=C(N)c1cc(Cl)cn(Cc2cc(S(C)(=O)=O)ccc2Cl)c1=N. The Kier molecular flexibility index (Phi) is 4.89. The lowest BCUT2D eigenvalue weighted by atomic mass is 10.2. The average molecular weight is 372 g/mol. The molecule has 1 aromatic heterocycles. The number of hydrogen-bond donors (Lipinski definition) is 2. The molecule has 1 heterocycles. The Labute approximate surface area is 144 Å². The van der Waals surface area contributed by atoms with Gasteiger partial charge in [-0.1, -0.05) is 29.8 Å². The van der Waals surface area contributed by atoms with Gasteiger partial charge in [-0.05, 0) is 29.8 Å². The molecule has 0 aliphatic carbocycles. The summed E-state index contributed by atoms with van der Waals surface area (Å²) in [6.45, 7) is 3.80. The lowest BCUT2D eigenvalue weighted by Crippen LogP contribution is -2.25. The Balaban J connectivity index is 2.56. The Morgan fingerprint density at radius 1 is 1.35 bits per heavy atom. The van der Waals surface area contributed by atoms with Crippen molar-refractivity contribution < 1.29 is 8.42 Å². The maximum Gasteiger partial charge on any atom is 0.175 e. The van der Waals surface area contributed by atoms with Crippen LogP contribution in [-0.4, -0.2) is 19.2 Å². The molecule has 0 unspecified atom stereocenters. The average Bonchev–Trinajstić information content (AvgIpc) is 2.43. The van der Waals surface area contributed by atoms with Gasteiger partial charge in [0.25, 0.3) is 0 Å². The molecule has 0 saturated carbocycles. The maximum absolute atomic E-state index is 11.7. The number of hydrogen-bond acceptors (Lipinski definition) is 4. The molecule has 0 aliphatic rings. The molecule has 0 radical (unpaired) electrons. The minimum absolute atomic E-state index is 0.114. The van der Waals surface area contributed by atoms with Gasteiger partial charge in [0.15, 0.2) is 9.84 Å². The summed E-state index contributed by atoms with van der Waals surface area (Å²) >= 11 is 12.2. The minimum Gasteiger partial charge on any atom is -0.399 e. The first kappa shape index (κ1) is 17.6. The number of rotatable bonds is 4. The molecule has 0 bridgehead atoms. The Morgan fingerprint density at radius 2 is 2.00 bits per heavy atom. The van der Waals surface area contributed by atoms with Crippen molar-refractivity contribution >= 4 is 38.7 Å². The molecular formula is C15H15Cl2N3O2S. The van der Waals surface area contributed by atoms with Crippen LogP contribution in [0.2, 0.25) is 10.0 Å². The van der Waals surface area contributed by atoms with Crippen LogP contribution in [0.4, 0.5) is 0 Å². The molecule has 0 amide bonds. The normalized spacial score (nSPS) is 11.4. The summed E-state index contributed by atoms with van der Waals surface area (Å²) in [6, 6.07) is 6.00. The smallest absolute Gasteiger partial charge is 0.175 e. The molecule has 0 spiro atoms. The van der Waals surface area contributed by atoms with E-state index in [0.29, 0.717) is 21.2 Å². The first-order chi connectivity index (χ1) is 10.6. The highest BCUT2D eigenvalue weighted by molar-refractivity contribution is 7.90. The van der Waals surface area contributed by atoms with E-state index in [9.17, 15) is 8.42 Å². The molecule has 0 atom stereocenters. The largest absolute Gasteiger partial charge is 0.399 e. The quantitative estimate of drug-likeness (QED) is 0.865. The van der Waals surface area contributed by atoms with E-state index >= 15 is 0 Å². The predicted octanol–water partition coefficient (Wildman–Crippen LogP) is 2.66. The molecule has 5 nitrogen and oxygen atoms in total. The molecule has 2 rings (SSSR count). The lowest BCUT2D eigenvalue weighted by Gasteiger charge is -2.13. The topological polar surface area (TPSA) is 88.9 Å².